The third-order valence-electron chi connectivity index (χ3n) is 3.47. The Bertz CT molecular complexity index is 440. The van der Waals surface area contributed by atoms with E-state index >= 15 is 0 Å². The third kappa shape index (κ3) is 3.97. The van der Waals surface area contributed by atoms with Gasteiger partial charge in [0.25, 0.3) is 0 Å². The standard InChI is InChI=1S/C16H25N3O/c1-4-17-15(18-11-16(2)12-20-13-16)19(3)10-14-8-6-5-7-9-14/h5-9H,4,10-13H2,1-3H3,(H,17,18). The molecule has 1 aliphatic rings. The second-order valence-corrected chi connectivity index (χ2v) is 5.82. The normalized spacial score (nSPS) is 17.4. The van der Waals surface area contributed by atoms with Crippen LogP contribution in [0.1, 0.15) is 19.4 Å². The number of aliphatic imine (C=N–C) groups is 1. The summed E-state index contributed by atoms with van der Waals surface area (Å²) in [6, 6.07) is 10.5. The average molecular weight is 275 g/mol. The summed E-state index contributed by atoms with van der Waals surface area (Å²) in [5.41, 5.74) is 1.51. The summed E-state index contributed by atoms with van der Waals surface area (Å²) < 4.78 is 5.28. The van der Waals surface area contributed by atoms with Gasteiger partial charge < -0.3 is 15.0 Å². The van der Waals surface area contributed by atoms with Crippen LogP contribution in [0.4, 0.5) is 0 Å². The number of nitrogens with zero attached hydrogens (tertiary/aromatic N) is 2. The summed E-state index contributed by atoms with van der Waals surface area (Å²) in [6.45, 7) is 8.51. The third-order valence-corrected chi connectivity index (χ3v) is 3.47. The summed E-state index contributed by atoms with van der Waals surface area (Å²) >= 11 is 0. The molecule has 4 heteroatoms. The summed E-state index contributed by atoms with van der Waals surface area (Å²) in [5.74, 6) is 0.962. The first kappa shape index (κ1) is 14.9. The van der Waals surface area contributed by atoms with Crippen molar-refractivity contribution in [3.8, 4) is 0 Å². The second kappa shape index (κ2) is 6.75. The molecule has 2 rings (SSSR count). The minimum atomic E-state index is 0.217. The molecule has 110 valence electrons. The van der Waals surface area contributed by atoms with Gasteiger partial charge in [0.15, 0.2) is 5.96 Å². The van der Waals surface area contributed by atoms with Gasteiger partial charge in [-0.2, -0.15) is 0 Å². The lowest BCUT2D eigenvalue weighted by Gasteiger charge is -2.37. The predicted octanol–water partition coefficient (Wildman–Crippen LogP) is 2.12. The average Bonchev–Trinajstić information content (AvgIpc) is 2.42. The molecule has 1 aliphatic heterocycles. The van der Waals surface area contributed by atoms with Gasteiger partial charge in [-0.05, 0) is 12.5 Å². The number of rotatable bonds is 5. The van der Waals surface area contributed by atoms with Gasteiger partial charge in [0.2, 0.25) is 0 Å². The van der Waals surface area contributed by atoms with E-state index in [0.29, 0.717) is 0 Å². The highest BCUT2D eigenvalue weighted by molar-refractivity contribution is 5.79. The van der Waals surface area contributed by atoms with Crippen LogP contribution in [0.2, 0.25) is 0 Å². The van der Waals surface area contributed by atoms with Crippen LogP contribution in [0.3, 0.4) is 0 Å². The molecule has 0 bridgehead atoms. The highest BCUT2D eigenvalue weighted by Gasteiger charge is 2.33. The van der Waals surface area contributed by atoms with Crippen molar-refractivity contribution in [2.45, 2.75) is 20.4 Å². The molecule has 1 saturated heterocycles. The van der Waals surface area contributed by atoms with Gasteiger partial charge in [0.1, 0.15) is 0 Å². The fourth-order valence-electron chi connectivity index (χ4n) is 2.21. The molecule has 1 heterocycles. The van der Waals surface area contributed by atoms with E-state index in [4.69, 9.17) is 9.73 Å². The monoisotopic (exact) mass is 275 g/mol. The zero-order valence-electron chi connectivity index (χ0n) is 12.7. The number of nitrogens with one attached hydrogen (secondary N) is 1. The van der Waals surface area contributed by atoms with Crippen molar-refractivity contribution in [1.29, 1.82) is 0 Å². The largest absolute Gasteiger partial charge is 0.380 e. The maximum Gasteiger partial charge on any atom is 0.193 e. The van der Waals surface area contributed by atoms with Crippen LogP contribution < -0.4 is 5.32 Å². The topological polar surface area (TPSA) is 36.9 Å². The Morgan fingerprint density at radius 2 is 2.05 bits per heavy atom. The Labute approximate surface area is 121 Å². The number of ether oxygens (including phenoxy) is 1. The molecular weight excluding hydrogens is 250 g/mol. The summed E-state index contributed by atoms with van der Waals surface area (Å²) in [5, 5.41) is 3.36. The van der Waals surface area contributed by atoms with E-state index in [1.54, 1.807) is 0 Å². The van der Waals surface area contributed by atoms with Crippen LogP contribution in [-0.4, -0.2) is 44.2 Å². The molecule has 20 heavy (non-hydrogen) atoms. The molecule has 1 aromatic carbocycles. The first-order valence-corrected chi connectivity index (χ1v) is 7.24. The van der Waals surface area contributed by atoms with Gasteiger partial charge in [-0.3, -0.25) is 4.99 Å². The summed E-state index contributed by atoms with van der Waals surface area (Å²) in [6.07, 6.45) is 0. The Hall–Kier alpha value is -1.55. The van der Waals surface area contributed by atoms with Crippen LogP contribution in [0.5, 0.6) is 0 Å². The fourth-order valence-corrected chi connectivity index (χ4v) is 2.21. The summed E-state index contributed by atoms with van der Waals surface area (Å²) in [7, 11) is 2.08. The molecule has 1 N–H and O–H groups in total. The smallest absolute Gasteiger partial charge is 0.193 e. The highest BCUT2D eigenvalue weighted by atomic mass is 16.5. The van der Waals surface area contributed by atoms with Gasteiger partial charge in [-0.15, -0.1) is 0 Å². The van der Waals surface area contributed by atoms with E-state index in [2.05, 4.69) is 55.4 Å². The van der Waals surface area contributed by atoms with Crippen LogP contribution in [0.15, 0.2) is 35.3 Å². The zero-order chi connectivity index (χ0) is 14.4. The quantitative estimate of drug-likeness (QED) is 0.660. The molecule has 0 amide bonds. The van der Waals surface area contributed by atoms with Crippen molar-refractivity contribution in [2.24, 2.45) is 10.4 Å². The molecule has 0 saturated carbocycles. The maximum atomic E-state index is 5.28. The zero-order valence-corrected chi connectivity index (χ0v) is 12.7. The molecule has 0 aliphatic carbocycles. The first-order chi connectivity index (χ1) is 9.63. The van der Waals surface area contributed by atoms with E-state index in [0.717, 1.165) is 38.8 Å². The first-order valence-electron chi connectivity index (χ1n) is 7.24. The molecule has 0 unspecified atom stereocenters. The highest BCUT2D eigenvalue weighted by Crippen LogP contribution is 2.26. The molecule has 1 fully saturated rings. The van der Waals surface area contributed by atoms with Crippen molar-refractivity contribution in [3.63, 3.8) is 0 Å². The lowest BCUT2D eigenvalue weighted by atomic mass is 9.89. The van der Waals surface area contributed by atoms with Crippen LogP contribution >= 0.6 is 0 Å². The van der Waals surface area contributed by atoms with Gasteiger partial charge in [-0.1, -0.05) is 37.3 Å². The van der Waals surface area contributed by atoms with E-state index in [1.807, 2.05) is 6.07 Å². The number of hydrogen-bond acceptors (Lipinski definition) is 2. The van der Waals surface area contributed by atoms with Gasteiger partial charge in [0.05, 0.1) is 19.8 Å². The minimum Gasteiger partial charge on any atom is -0.380 e. The van der Waals surface area contributed by atoms with E-state index in [1.165, 1.54) is 5.56 Å². The predicted molar refractivity (Wildman–Crippen MR) is 82.8 cm³/mol. The Morgan fingerprint density at radius 3 is 2.60 bits per heavy atom. The molecule has 0 radical (unpaired) electrons. The van der Waals surface area contributed by atoms with Crippen molar-refractivity contribution in [2.75, 3.05) is 33.4 Å². The SMILES string of the molecule is CCNC(=NCC1(C)COC1)N(C)Cc1ccccc1. The second-order valence-electron chi connectivity index (χ2n) is 5.82. The molecule has 0 atom stereocenters. The number of guanidine groups is 1. The fraction of sp³-hybridized carbons (Fsp3) is 0.562. The molecule has 1 aromatic rings. The molecule has 0 aromatic heterocycles. The van der Waals surface area contributed by atoms with E-state index in [-0.39, 0.29) is 5.41 Å². The molecule has 0 spiro atoms. The van der Waals surface area contributed by atoms with Crippen molar-refractivity contribution in [1.82, 2.24) is 10.2 Å². The van der Waals surface area contributed by atoms with Crippen molar-refractivity contribution >= 4 is 5.96 Å². The minimum absolute atomic E-state index is 0.217. The summed E-state index contributed by atoms with van der Waals surface area (Å²) in [4.78, 5) is 6.92. The Balaban J connectivity index is 1.97. The molecule has 4 nitrogen and oxygen atoms in total. The van der Waals surface area contributed by atoms with Gasteiger partial charge in [0, 0.05) is 25.6 Å². The Morgan fingerprint density at radius 1 is 1.35 bits per heavy atom. The van der Waals surface area contributed by atoms with E-state index < -0.39 is 0 Å². The van der Waals surface area contributed by atoms with Crippen molar-refractivity contribution < 1.29 is 4.74 Å². The lowest BCUT2D eigenvalue weighted by Crippen LogP contribution is -2.44. The van der Waals surface area contributed by atoms with Gasteiger partial charge >= 0.3 is 0 Å². The maximum absolute atomic E-state index is 5.28. The van der Waals surface area contributed by atoms with Crippen LogP contribution in [0.25, 0.3) is 0 Å². The lowest BCUT2D eigenvalue weighted by molar-refractivity contribution is -0.0946. The number of hydrogen-bond donors (Lipinski definition) is 1. The number of benzene rings is 1. The Kier molecular flexibility index (Phi) is 5.01. The van der Waals surface area contributed by atoms with Crippen LogP contribution in [0, 0.1) is 5.41 Å². The molecular formula is C16H25N3O. The van der Waals surface area contributed by atoms with Gasteiger partial charge in [-0.25, -0.2) is 0 Å². The van der Waals surface area contributed by atoms with Crippen LogP contribution in [-0.2, 0) is 11.3 Å². The van der Waals surface area contributed by atoms with E-state index in [9.17, 15) is 0 Å². The van der Waals surface area contributed by atoms with Crippen molar-refractivity contribution in [3.05, 3.63) is 35.9 Å².